The van der Waals surface area contributed by atoms with Crippen LogP contribution in [-0.2, 0) is 27.2 Å². The summed E-state index contributed by atoms with van der Waals surface area (Å²) in [6, 6.07) is 7.46. The average Bonchev–Trinajstić information content (AvgIpc) is 2.53. The number of amides is 1. The van der Waals surface area contributed by atoms with Gasteiger partial charge < -0.3 is 14.7 Å². The fraction of sp³-hybridized carbons (Fsp3) is 0.556. The number of morpholine rings is 1. The minimum Gasteiger partial charge on any atom is -0.480 e. The van der Waals surface area contributed by atoms with Crippen LogP contribution in [0.15, 0.2) is 24.3 Å². The average molecular weight is 319 g/mol. The van der Waals surface area contributed by atoms with E-state index in [9.17, 15) is 14.7 Å². The molecule has 1 heterocycles. The molecule has 2 rings (SSSR count). The highest BCUT2D eigenvalue weighted by Crippen LogP contribution is 2.14. The van der Waals surface area contributed by atoms with Crippen molar-refractivity contribution < 1.29 is 19.4 Å². The second kappa shape index (κ2) is 8.11. The number of hydrogen-bond donors (Lipinski definition) is 1. The lowest BCUT2D eigenvalue weighted by Gasteiger charge is -2.32. The van der Waals surface area contributed by atoms with Crippen LogP contribution < -0.4 is 0 Å². The molecule has 1 amide bonds. The van der Waals surface area contributed by atoms with Crippen LogP contribution in [0, 0.1) is 5.92 Å². The summed E-state index contributed by atoms with van der Waals surface area (Å²) in [5, 5.41) is 9.17. The van der Waals surface area contributed by atoms with Crippen molar-refractivity contribution in [1.82, 2.24) is 4.90 Å². The molecule has 1 aromatic rings. The first-order chi connectivity index (χ1) is 11.0. The Labute approximate surface area is 137 Å². The number of carbonyl (C=O) groups excluding carboxylic acids is 1. The molecule has 1 aliphatic rings. The highest BCUT2D eigenvalue weighted by molar-refractivity contribution is 5.84. The molecule has 1 atom stereocenters. The van der Waals surface area contributed by atoms with Gasteiger partial charge in [-0.2, -0.15) is 0 Å². The Morgan fingerprint density at radius 3 is 2.52 bits per heavy atom. The number of aliphatic carboxylic acids is 1. The minimum atomic E-state index is -1.00. The Hall–Kier alpha value is -1.88. The standard InChI is InChI=1S/C18H25NO4/c1-13(2)11-15-5-3-14(4-6-15)7-8-17(20)19-9-10-23-12-16(19)18(21)22/h3-6,13,16H,7-12H2,1-2H3,(H,21,22). The summed E-state index contributed by atoms with van der Waals surface area (Å²) in [7, 11) is 0. The lowest BCUT2D eigenvalue weighted by atomic mass is 10.0. The molecule has 23 heavy (non-hydrogen) atoms. The van der Waals surface area contributed by atoms with Crippen molar-refractivity contribution in [2.24, 2.45) is 5.92 Å². The maximum atomic E-state index is 12.3. The third kappa shape index (κ3) is 5.06. The second-order valence-corrected chi connectivity index (χ2v) is 6.43. The predicted molar refractivity (Wildman–Crippen MR) is 87.3 cm³/mol. The number of aryl methyl sites for hydroxylation is 1. The molecular formula is C18H25NO4. The van der Waals surface area contributed by atoms with E-state index >= 15 is 0 Å². The van der Waals surface area contributed by atoms with Crippen molar-refractivity contribution in [1.29, 1.82) is 0 Å². The topological polar surface area (TPSA) is 66.8 Å². The third-order valence-electron chi connectivity index (χ3n) is 4.03. The number of ether oxygens (including phenoxy) is 1. The van der Waals surface area contributed by atoms with Gasteiger partial charge in [0.05, 0.1) is 13.2 Å². The van der Waals surface area contributed by atoms with Gasteiger partial charge in [-0.05, 0) is 29.9 Å². The SMILES string of the molecule is CC(C)Cc1ccc(CCC(=O)N2CCOCC2C(=O)O)cc1. The summed E-state index contributed by atoms with van der Waals surface area (Å²) in [4.78, 5) is 24.9. The zero-order valence-corrected chi connectivity index (χ0v) is 13.8. The fourth-order valence-corrected chi connectivity index (χ4v) is 2.82. The van der Waals surface area contributed by atoms with Gasteiger partial charge in [0.1, 0.15) is 0 Å². The molecule has 5 nitrogen and oxygen atoms in total. The lowest BCUT2D eigenvalue weighted by Crippen LogP contribution is -2.52. The zero-order chi connectivity index (χ0) is 16.8. The van der Waals surface area contributed by atoms with E-state index in [4.69, 9.17) is 4.74 Å². The third-order valence-corrected chi connectivity index (χ3v) is 4.03. The molecule has 1 N–H and O–H groups in total. The molecular weight excluding hydrogens is 294 g/mol. The van der Waals surface area contributed by atoms with E-state index in [1.165, 1.54) is 10.5 Å². The minimum absolute atomic E-state index is 0.0744. The van der Waals surface area contributed by atoms with Crippen LogP contribution >= 0.6 is 0 Å². The number of carboxylic acids is 1. The highest BCUT2D eigenvalue weighted by Gasteiger charge is 2.32. The summed E-state index contributed by atoms with van der Waals surface area (Å²) in [5.41, 5.74) is 2.40. The van der Waals surface area contributed by atoms with E-state index < -0.39 is 12.0 Å². The molecule has 5 heteroatoms. The Kier molecular flexibility index (Phi) is 6.16. The largest absolute Gasteiger partial charge is 0.480 e. The van der Waals surface area contributed by atoms with Gasteiger partial charge >= 0.3 is 5.97 Å². The van der Waals surface area contributed by atoms with Gasteiger partial charge in [-0.1, -0.05) is 38.1 Å². The number of carboxylic acid groups (broad SMARTS) is 1. The number of rotatable bonds is 6. The maximum absolute atomic E-state index is 12.3. The molecule has 1 aromatic carbocycles. The smallest absolute Gasteiger partial charge is 0.328 e. The predicted octanol–water partition coefficient (Wildman–Crippen LogP) is 2.13. The normalized spacial score (nSPS) is 18.2. The van der Waals surface area contributed by atoms with Crippen molar-refractivity contribution in [2.75, 3.05) is 19.8 Å². The molecule has 1 aliphatic heterocycles. The molecule has 0 spiro atoms. The Morgan fingerprint density at radius 2 is 1.91 bits per heavy atom. The molecule has 1 saturated heterocycles. The molecule has 1 unspecified atom stereocenters. The molecule has 1 fully saturated rings. The van der Waals surface area contributed by atoms with Crippen molar-refractivity contribution in [3.63, 3.8) is 0 Å². The summed E-state index contributed by atoms with van der Waals surface area (Å²) < 4.78 is 5.16. The van der Waals surface area contributed by atoms with Gasteiger partial charge in [-0.3, -0.25) is 4.79 Å². The summed E-state index contributed by atoms with van der Waals surface area (Å²) >= 11 is 0. The Morgan fingerprint density at radius 1 is 1.26 bits per heavy atom. The maximum Gasteiger partial charge on any atom is 0.328 e. The summed E-state index contributed by atoms with van der Waals surface area (Å²) in [6.07, 6.45) is 2.01. The molecule has 126 valence electrons. The highest BCUT2D eigenvalue weighted by atomic mass is 16.5. The van der Waals surface area contributed by atoms with E-state index in [0.717, 1.165) is 12.0 Å². The molecule has 0 aliphatic carbocycles. The molecule has 0 bridgehead atoms. The van der Waals surface area contributed by atoms with Crippen LogP contribution in [0.4, 0.5) is 0 Å². The van der Waals surface area contributed by atoms with Gasteiger partial charge in [-0.25, -0.2) is 4.79 Å². The van der Waals surface area contributed by atoms with Crippen molar-refractivity contribution in [3.8, 4) is 0 Å². The van der Waals surface area contributed by atoms with Crippen LogP contribution in [0.25, 0.3) is 0 Å². The molecule has 0 saturated carbocycles. The van der Waals surface area contributed by atoms with Gasteiger partial charge in [-0.15, -0.1) is 0 Å². The summed E-state index contributed by atoms with van der Waals surface area (Å²) in [5.74, 6) is -0.500. The first-order valence-corrected chi connectivity index (χ1v) is 8.15. The molecule has 0 radical (unpaired) electrons. The number of benzene rings is 1. The number of nitrogens with zero attached hydrogens (tertiary/aromatic N) is 1. The first-order valence-electron chi connectivity index (χ1n) is 8.15. The van der Waals surface area contributed by atoms with Crippen LogP contribution in [-0.4, -0.2) is 47.7 Å². The van der Waals surface area contributed by atoms with Crippen molar-refractivity contribution in [2.45, 2.75) is 39.2 Å². The van der Waals surface area contributed by atoms with Gasteiger partial charge in [0.15, 0.2) is 6.04 Å². The number of hydrogen-bond acceptors (Lipinski definition) is 3. The van der Waals surface area contributed by atoms with Crippen LogP contribution in [0.5, 0.6) is 0 Å². The van der Waals surface area contributed by atoms with E-state index in [0.29, 0.717) is 31.9 Å². The van der Waals surface area contributed by atoms with E-state index in [1.54, 1.807) is 0 Å². The van der Waals surface area contributed by atoms with Crippen LogP contribution in [0.1, 0.15) is 31.4 Å². The Bertz CT molecular complexity index is 538. The molecule has 0 aromatic heterocycles. The summed E-state index contributed by atoms with van der Waals surface area (Å²) in [6.45, 7) is 5.20. The van der Waals surface area contributed by atoms with E-state index in [-0.39, 0.29) is 12.5 Å². The first kappa shape index (κ1) is 17.5. The van der Waals surface area contributed by atoms with Crippen LogP contribution in [0.3, 0.4) is 0 Å². The quantitative estimate of drug-likeness (QED) is 0.872. The van der Waals surface area contributed by atoms with E-state index in [2.05, 4.69) is 38.1 Å². The van der Waals surface area contributed by atoms with E-state index in [1.807, 2.05) is 0 Å². The van der Waals surface area contributed by atoms with Gasteiger partial charge in [0.2, 0.25) is 5.91 Å². The Balaban J connectivity index is 1.89. The zero-order valence-electron chi connectivity index (χ0n) is 13.8. The van der Waals surface area contributed by atoms with Crippen molar-refractivity contribution >= 4 is 11.9 Å². The lowest BCUT2D eigenvalue weighted by molar-refractivity contribution is -0.158. The number of carbonyl (C=O) groups is 2. The van der Waals surface area contributed by atoms with Crippen molar-refractivity contribution in [3.05, 3.63) is 35.4 Å². The fourth-order valence-electron chi connectivity index (χ4n) is 2.82. The van der Waals surface area contributed by atoms with Crippen LogP contribution in [0.2, 0.25) is 0 Å². The second-order valence-electron chi connectivity index (χ2n) is 6.43. The van der Waals surface area contributed by atoms with Gasteiger partial charge in [0, 0.05) is 13.0 Å². The van der Waals surface area contributed by atoms with Gasteiger partial charge in [0.25, 0.3) is 0 Å². The monoisotopic (exact) mass is 319 g/mol.